The van der Waals surface area contributed by atoms with E-state index in [0.717, 1.165) is 12.0 Å². The van der Waals surface area contributed by atoms with Crippen molar-refractivity contribution in [2.75, 3.05) is 6.61 Å². The summed E-state index contributed by atoms with van der Waals surface area (Å²) in [4.78, 5) is 11.1. The zero-order valence-corrected chi connectivity index (χ0v) is 10.3. The van der Waals surface area contributed by atoms with E-state index in [4.69, 9.17) is 9.47 Å². The summed E-state index contributed by atoms with van der Waals surface area (Å²) < 4.78 is 10.1. The third-order valence-corrected chi connectivity index (χ3v) is 3.82. The summed E-state index contributed by atoms with van der Waals surface area (Å²) in [6.45, 7) is 0.311. The molecular weight excluding hydrogens is 240 g/mol. The summed E-state index contributed by atoms with van der Waals surface area (Å²) >= 11 is 0. The van der Waals surface area contributed by atoms with Gasteiger partial charge in [0.1, 0.15) is 6.61 Å². The maximum atomic E-state index is 11.1. The number of rotatable bonds is 1. The molecule has 0 radical (unpaired) electrons. The third-order valence-electron chi connectivity index (χ3n) is 3.82. The minimum atomic E-state index is -0.571. The largest absolute Gasteiger partial charge is 0.509 e. The molecule has 2 aromatic rings. The van der Waals surface area contributed by atoms with Gasteiger partial charge in [0.15, 0.2) is 6.10 Å². The highest BCUT2D eigenvalue weighted by molar-refractivity contribution is 5.78. The Balaban J connectivity index is 1.83. The third kappa shape index (κ3) is 1.55. The van der Waals surface area contributed by atoms with E-state index in [1.807, 2.05) is 12.1 Å². The fourth-order valence-corrected chi connectivity index (χ4v) is 2.96. The van der Waals surface area contributed by atoms with Gasteiger partial charge in [-0.25, -0.2) is 4.79 Å². The van der Waals surface area contributed by atoms with Crippen LogP contribution in [0.25, 0.3) is 11.1 Å². The van der Waals surface area contributed by atoms with Crippen molar-refractivity contribution in [1.29, 1.82) is 0 Å². The van der Waals surface area contributed by atoms with Crippen molar-refractivity contribution in [3.8, 4) is 11.1 Å². The molecule has 2 aliphatic rings. The van der Waals surface area contributed by atoms with Crippen LogP contribution in [0.3, 0.4) is 0 Å². The number of hydrogen-bond donors (Lipinski definition) is 0. The van der Waals surface area contributed by atoms with Gasteiger partial charge >= 0.3 is 6.16 Å². The first-order chi connectivity index (χ1) is 9.33. The Bertz CT molecular complexity index is 675. The number of carbonyl (C=O) groups excluding carboxylic acids is 1. The van der Waals surface area contributed by atoms with E-state index in [9.17, 15) is 4.79 Å². The molecule has 4 rings (SSSR count). The molecule has 1 unspecified atom stereocenters. The fourth-order valence-electron chi connectivity index (χ4n) is 2.96. The minimum absolute atomic E-state index is 0.267. The van der Waals surface area contributed by atoms with E-state index in [2.05, 4.69) is 30.3 Å². The van der Waals surface area contributed by atoms with E-state index in [-0.39, 0.29) is 6.10 Å². The van der Waals surface area contributed by atoms with Gasteiger partial charge in [0.2, 0.25) is 0 Å². The average Bonchev–Trinajstić information content (AvgIpc) is 3.02. The summed E-state index contributed by atoms with van der Waals surface area (Å²) in [6.07, 6.45) is 0.0605. The Labute approximate surface area is 110 Å². The first kappa shape index (κ1) is 10.6. The quantitative estimate of drug-likeness (QED) is 0.622. The van der Waals surface area contributed by atoms with Gasteiger partial charge in [0, 0.05) is 5.56 Å². The molecule has 0 amide bonds. The highest BCUT2D eigenvalue weighted by Crippen LogP contribution is 2.41. The molecule has 1 aliphatic heterocycles. The van der Waals surface area contributed by atoms with Crippen LogP contribution in [-0.2, 0) is 15.9 Å². The van der Waals surface area contributed by atoms with Crippen LogP contribution in [-0.4, -0.2) is 12.8 Å². The van der Waals surface area contributed by atoms with E-state index in [1.54, 1.807) is 0 Å². The summed E-state index contributed by atoms with van der Waals surface area (Å²) in [7, 11) is 0. The normalized spacial score (nSPS) is 19.6. The van der Waals surface area contributed by atoms with Gasteiger partial charge in [0.05, 0.1) is 0 Å². The second-order valence-electron chi connectivity index (χ2n) is 4.87. The van der Waals surface area contributed by atoms with E-state index in [1.165, 1.54) is 22.3 Å². The monoisotopic (exact) mass is 252 g/mol. The molecular formula is C16H12O3. The van der Waals surface area contributed by atoms with Crippen LogP contribution in [0.5, 0.6) is 0 Å². The predicted octanol–water partition coefficient (Wildman–Crippen LogP) is 3.47. The lowest BCUT2D eigenvalue weighted by Gasteiger charge is -2.12. The van der Waals surface area contributed by atoms with Crippen LogP contribution in [0, 0.1) is 0 Å². The molecule has 2 aromatic carbocycles. The van der Waals surface area contributed by atoms with Crippen LogP contribution >= 0.6 is 0 Å². The first-order valence-corrected chi connectivity index (χ1v) is 6.36. The number of carbonyl (C=O) groups is 1. The molecule has 1 aliphatic carbocycles. The topological polar surface area (TPSA) is 35.5 Å². The van der Waals surface area contributed by atoms with Crippen molar-refractivity contribution in [3.05, 3.63) is 59.2 Å². The van der Waals surface area contributed by atoms with Crippen LogP contribution in [0.4, 0.5) is 4.79 Å². The summed E-state index contributed by atoms with van der Waals surface area (Å²) in [5.41, 5.74) is 6.18. The van der Waals surface area contributed by atoms with Gasteiger partial charge < -0.3 is 9.47 Å². The molecule has 1 saturated heterocycles. The van der Waals surface area contributed by atoms with Crippen LogP contribution in [0.2, 0.25) is 0 Å². The molecule has 3 nitrogen and oxygen atoms in total. The molecule has 1 atom stereocenters. The van der Waals surface area contributed by atoms with Gasteiger partial charge in [-0.3, -0.25) is 0 Å². The van der Waals surface area contributed by atoms with E-state index < -0.39 is 6.16 Å². The molecule has 0 spiro atoms. The highest BCUT2D eigenvalue weighted by atomic mass is 16.8. The number of fused-ring (bicyclic) bond motifs is 3. The van der Waals surface area contributed by atoms with Crippen LogP contribution in [0.15, 0.2) is 42.5 Å². The molecule has 0 bridgehead atoms. The zero-order chi connectivity index (χ0) is 12.8. The van der Waals surface area contributed by atoms with E-state index >= 15 is 0 Å². The molecule has 0 aromatic heterocycles. The molecule has 1 fully saturated rings. The lowest BCUT2D eigenvalue weighted by atomic mass is 9.98. The molecule has 19 heavy (non-hydrogen) atoms. The van der Waals surface area contributed by atoms with Gasteiger partial charge in [-0.15, -0.1) is 0 Å². The number of cyclic esters (lactones) is 2. The van der Waals surface area contributed by atoms with Crippen molar-refractivity contribution in [1.82, 2.24) is 0 Å². The van der Waals surface area contributed by atoms with Crippen molar-refractivity contribution >= 4 is 6.16 Å². The summed E-state index contributed by atoms with van der Waals surface area (Å²) in [5, 5.41) is 0. The van der Waals surface area contributed by atoms with E-state index in [0.29, 0.717) is 6.61 Å². The highest BCUT2D eigenvalue weighted by Gasteiger charge is 2.31. The molecule has 0 saturated carbocycles. The maximum Gasteiger partial charge on any atom is 0.509 e. The Morgan fingerprint density at radius 3 is 2.68 bits per heavy atom. The van der Waals surface area contributed by atoms with Crippen molar-refractivity contribution < 1.29 is 14.3 Å². The zero-order valence-electron chi connectivity index (χ0n) is 10.3. The van der Waals surface area contributed by atoms with Crippen LogP contribution in [0.1, 0.15) is 22.8 Å². The standard InChI is InChI=1S/C16H12O3/c17-16-18-9-15(19-16)13-7-3-6-12-11-5-2-1-4-10(11)8-14(12)13/h1-7,15H,8-9H2. The fraction of sp³-hybridized carbons (Fsp3) is 0.188. The summed E-state index contributed by atoms with van der Waals surface area (Å²) in [6, 6.07) is 14.6. The lowest BCUT2D eigenvalue weighted by Crippen LogP contribution is -2.04. The molecule has 0 N–H and O–H groups in total. The lowest BCUT2D eigenvalue weighted by molar-refractivity contribution is 0.118. The molecule has 1 heterocycles. The minimum Gasteiger partial charge on any atom is -0.430 e. The van der Waals surface area contributed by atoms with Crippen molar-refractivity contribution in [3.63, 3.8) is 0 Å². The average molecular weight is 252 g/mol. The van der Waals surface area contributed by atoms with Gasteiger partial charge in [0.25, 0.3) is 0 Å². The second-order valence-corrected chi connectivity index (χ2v) is 4.87. The van der Waals surface area contributed by atoms with Gasteiger partial charge in [-0.1, -0.05) is 42.5 Å². The number of benzene rings is 2. The predicted molar refractivity (Wildman–Crippen MR) is 69.9 cm³/mol. The van der Waals surface area contributed by atoms with Crippen molar-refractivity contribution in [2.24, 2.45) is 0 Å². The van der Waals surface area contributed by atoms with Crippen LogP contribution < -0.4 is 0 Å². The number of hydrogen-bond acceptors (Lipinski definition) is 3. The summed E-state index contributed by atoms with van der Waals surface area (Å²) in [5.74, 6) is 0. The van der Waals surface area contributed by atoms with Gasteiger partial charge in [-0.2, -0.15) is 0 Å². The Hall–Kier alpha value is -2.29. The molecule has 3 heteroatoms. The smallest absolute Gasteiger partial charge is 0.430 e. The second kappa shape index (κ2) is 3.85. The Morgan fingerprint density at radius 1 is 1.00 bits per heavy atom. The first-order valence-electron chi connectivity index (χ1n) is 6.36. The number of ether oxygens (including phenoxy) is 2. The van der Waals surface area contributed by atoms with Crippen molar-refractivity contribution in [2.45, 2.75) is 12.5 Å². The Kier molecular flexibility index (Phi) is 2.15. The SMILES string of the molecule is O=C1OCC(c2cccc3c2Cc2ccccc2-3)O1. The maximum absolute atomic E-state index is 11.1. The Morgan fingerprint density at radius 2 is 1.84 bits per heavy atom. The molecule has 94 valence electrons. The van der Waals surface area contributed by atoms with Gasteiger partial charge in [-0.05, 0) is 28.7 Å².